The zero-order chi connectivity index (χ0) is 20.8. The van der Waals surface area contributed by atoms with Gasteiger partial charge < -0.3 is 0 Å². The van der Waals surface area contributed by atoms with Gasteiger partial charge in [-0.2, -0.15) is 0 Å². The van der Waals surface area contributed by atoms with Crippen molar-refractivity contribution in [1.82, 2.24) is 9.97 Å². The Balaban J connectivity index is 1.60. The summed E-state index contributed by atoms with van der Waals surface area (Å²) in [6, 6.07) is 34.3. The summed E-state index contributed by atoms with van der Waals surface area (Å²) in [5.41, 5.74) is 7.75. The van der Waals surface area contributed by atoms with E-state index in [1.165, 1.54) is 27.5 Å². The summed E-state index contributed by atoms with van der Waals surface area (Å²) >= 11 is 0. The molecule has 0 radical (unpaired) electrons. The molecule has 0 bridgehead atoms. The van der Waals surface area contributed by atoms with E-state index in [1.54, 1.807) is 0 Å². The summed E-state index contributed by atoms with van der Waals surface area (Å²) < 4.78 is 0. The second-order valence-electron chi connectivity index (χ2n) is 7.98. The van der Waals surface area contributed by atoms with Crippen LogP contribution in [-0.4, -0.2) is 9.97 Å². The van der Waals surface area contributed by atoms with Crippen LogP contribution in [0.3, 0.4) is 0 Å². The minimum atomic E-state index is 0.947. The van der Waals surface area contributed by atoms with Gasteiger partial charge in [0.05, 0.1) is 16.7 Å². The van der Waals surface area contributed by atoms with E-state index in [4.69, 9.17) is 4.98 Å². The number of fused-ring (bicyclic) bond motifs is 4. The summed E-state index contributed by atoms with van der Waals surface area (Å²) in [5.74, 6) is 0. The molecule has 31 heavy (non-hydrogen) atoms. The summed E-state index contributed by atoms with van der Waals surface area (Å²) in [4.78, 5) is 9.68. The molecule has 0 amide bonds. The van der Waals surface area contributed by atoms with E-state index in [-0.39, 0.29) is 0 Å². The van der Waals surface area contributed by atoms with E-state index in [0.717, 1.165) is 33.1 Å². The third kappa shape index (κ3) is 2.96. The van der Waals surface area contributed by atoms with Gasteiger partial charge >= 0.3 is 0 Å². The normalized spacial score (nSPS) is 11.4. The Bertz CT molecular complexity index is 1580. The number of hydrogen-bond donors (Lipinski definition) is 0. The Morgan fingerprint density at radius 3 is 2.03 bits per heavy atom. The molecule has 0 aliphatic carbocycles. The highest BCUT2D eigenvalue weighted by Gasteiger charge is 2.12. The van der Waals surface area contributed by atoms with Gasteiger partial charge in [-0.05, 0) is 41.0 Å². The van der Waals surface area contributed by atoms with Crippen LogP contribution in [0.25, 0.3) is 55.0 Å². The number of aryl methyl sites for hydroxylation is 1. The van der Waals surface area contributed by atoms with Crippen molar-refractivity contribution in [1.29, 1.82) is 0 Å². The maximum absolute atomic E-state index is 5.08. The van der Waals surface area contributed by atoms with E-state index in [9.17, 15) is 0 Å². The number of rotatable bonds is 2. The smallest absolute Gasteiger partial charge is 0.0972 e. The molecule has 0 saturated heterocycles. The molecule has 4 aromatic carbocycles. The maximum atomic E-state index is 5.08. The van der Waals surface area contributed by atoms with Gasteiger partial charge in [0.1, 0.15) is 0 Å². The van der Waals surface area contributed by atoms with Crippen LogP contribution in [0.1, 0.15) is 5.56 Å². The fourth-order valence-electron chi connectivity index (χ4n) is 4.38. The lowest BCUT2D eigenvalue weighted by Gasteiger charge is -2.13. The van der Waals surface area contributed by atoms with Crippen molar-refractivity contribution in [2.75, 3.05) is 0 Å². The highest BCUT2D eigenvalue weighted by atomic mass is 14.7. The van der Waals surface area contributed by atoms with E-state index in [0.29, 0.717) is 0 Å². The average molecular weight is 396 g/mol. The first-order valence-corrected chi connectivity index (χ1v) is 10.5. The van der Waals surface area contributed by atoms with Crippen LogP contribution < -0.4 is 0 Å². The summed E-state index contributed by atoms with van der Waals surface area (Å²) in [5, 5.41) is 4.66. The van der Waals surface area contributed by atoms with Gasteiger partial charge in [-0.3, -0.25) is 4.98 Å². The van der Waals surface area contributed by atoms with Crippen LogP contribution in [0.2, 0.25) is 0 Å². The van der Waals surface area contributed by atoms with Crippen LogP contribution >= 0.6 is 0 Å². The molecule has 0 saturated carbocycles. The first kappa shape index (κ1) is 17.8. The number of pyridine rings is 2. The van der Waals surface area contributed by atoms with Crippen LogP contribution in [0.15, 0.2) is 103 Å². The van der Waals surface area contributed by atoms with Crippen molar-refractivity contribution in [2.24, 2.45) is 0 Å². The summed E-state index contributed by atoms with van der Waals surface area (Å²) in [6.07, 6.45) is 1.84. The van der Waals surface area contributed by atoms with Crippen molar-refractivity contribution in [2.45, 2.75) is 6.92 Å². The average Bonchev–Trinajstić information content (AvgIpc) is 2.83. The third-order valence-corrected chi connectivity index (χ3v) is 5.99. The molecule has 0 aliphatic heterocycles. The third-order valence-electron chi connectivity index (χ3n) is 5.99. The van der Waals surface area contributed by atoms with Gasteiger partial charge in [0.15, 0.2) is 0 Å². The molecule has 0 N–H and O–H groups in total. The highest BCUT2D eigenvalue weighted by Crippen LogP contribution is 2.36. The first-order valence-electron chi connectivity index (χ1n) is 10.5. The Kier molecular flexibility index (Phi) is 4.03. The standard InChI is InChI=1S/C29H20N2/c1-19-8-10-20(11-9-19)23-15-16-26(25-7-3-2-6-24(23)25)27-17-14-22-13-12-21-5-4-18-30-28(21)29(22)31-27/h2-18H,1H3. The minimum absolute atomic E-state index is 0.947. The fourth-order valence-corrected chi connectivity index (χ4v) is 4.38. The molecule has 146 valence electrons. The van der Waals surface area contributed by atoms with Crippen LogP contribution in [0.4, 0.5) is 0 Å². The monoisotopic (exact) mass is 396 g/mol. The van der Waals surface area contributed by atoms with Crippen molar-refractivity contribution in [3.05, 3.63) is 109 Å². The Labute approximate surface area is 180 Å². The van der Waals surface area contributed by atoms with Crippen molar-refractivity contribution >= 4 is 32.6 Å². The predicted octanol–water partition coefficient (Wildman–Crippen LogP) is 7.58. The van der Waals surface area contributed by atoms with Gasteiger partial charge in [0.2, 0.25) is 0 Å². The molecule has 2 heteroatoms. The molecule has 0 spiro atoms. The van der Waals surface area contributed by atoms with Crippen LogP contribution in [0, 0.1) is 6.92 Å². The molecule has 2 aromatic heterocycles. The molecular weight excluding hydrogens is 376 g/mol. The van der Waals surface area contributed by atoms with E-state index in [1.807, 2.05) is 12.3 Å². The second-order valence-corrected chi connectivity index (χ2v) is 7.98. The van der Waals surface area contributed by atoms with E-state index >= 15 is 0 Å². The molecule has 0 unspecified atom stereocenters. The van der Waals surface area contributed by atoms with Crippen molar-refractivity contribution in [3.63, 3.8) is 0 Å². The SMILES string of the molecule is Cc1ccc(-c2ccc(-c3ccc4ccc5cccnc5c4n3)c3ccccc23)cc1. The topological polar surface area (TPSA) is 25.8 Å². The lowest BCUT2D eigenvalue weighted by molar-refractivity contribution is 1.37. The van der Waals surface area contributed by atoms with Gasteiger partial charge in [0.25, 0.3) is 0 Å². The molecule has 6 aromatic rings. The molecular formula is C29H20N2. The molecule has 6 rings (SSSR count). The van der Waals surface area contributed by atoms with E-state index < -0.39 is 0 Å². The van der Waals surface area contributed by atoms with Gasteiger partial charge in [-0.15, -0.1) is 0 Å². The Hall–Kier alpha value is -4.04. The number of nitrogens with zero attached hydrogens (tertiary/aromatic N) is 2. The Morgan fingerprint density at radius 1 is 0.548 bits per heavy atom. The number of hydrogen-bond acceptors (Lipinski definition) is 2. The fraction of sp³-hybridized carbons (Fsp3) is 0.0345. The molecule has 0 aliphatic rings. The Morgan fingerprint density at radius 2 is 1.23 bits per heavy atom. The largest absolute Gasteiger partial charge is 0.254 e. The molecule has 0 fully saturated rings. The predicted molar refractivity (Wildman–Crippen MR) is 130 cm³/mol. The first-order chi connectivity index (χ1) is 15.3. The lowest BCUT2D eigenvalue weighted by atomic mass is 9.93. The number of benzene rings is 4. The summed E-state index contributed by atoms with van der Waals surface area (Å²) in [6.45, 7) is 2.12. The van der Waals surface area contributed by atoms with E-state index in [2.05, 4.69) is 103 Å². The van der Waals surface area contributed by atoms with Crippen LogP contribution in [-0.2, 0) is 0 Å². The molecule has 2 nitrogen and oxygen atoms in total. The summed E-state index contributed by atoms with van der Waals surface area (Å²) in [7, 11) is 0. The van der Waals surface area contributed by atoms with Gasteiger partial charge in [-0.1, -0.05) is 90.5 Å². The molecule has 2 heterocycles. The zero-order valence-corrected chi connectivity index (χ0v) is 17.2. The van der Waals surface area contributed by atoms with Gasteiger partial charge in [-0.25, -0.2) is 4.98 Å². The zero-order valence-electron chi connectivity index (χ0n) is 17.2. The van der Waals surface area contributed by atoms with Gasteiger partial charge in [0, 0.05) is 22.5 Å². The van der Waals surface area contributed by atoms with Crippen LogP contribution in [0.5, 0.6) is 0 Å². The molecule has 0 atom stereocenters. The quantitative estimate of drug-likeness (QED) is 0.282. The van der Waals surface area contributed by atoms with Crippen molar-refractivity contribution < 1.29 is 0 Å². The highest BCUT2D eigenvalue weighted by molar-refractivity contribution is 6.07. The lowest BCUT2D eigenvalue weighted by Crippen LogP contribution is -1.91. The second kappa shape index (κ2) is 7.03. The minimum Gasteiger partial charge on any atom is -0.254 e. The maximum Gasteiger partial charge on any atom is 0.0972 e. The van der Waals surface area contributed by atoms with Crippen molar-refractivity contribution in [3.8, 4) is 22.4 Å². The number of aromatic nitrogens is 2.